The average Bonchev–Trinajstić information content (AvgIpc) is 2.68. The van der Waals surface area contributed by atoms with Crippen molar-refractivity contribution >= 4 is 45.2 Å². The fourth-order valence-corrected chi connectivity index (χ4v) is 3.88. The van der Waals surface area contributed by atoms with Gasteiger partial charge in [0.25, 0.3) is 0 Å². The number of rotatable bonds is 8. The van der Waals surface area contributed by atoms with Crippen LogP contribution >= 0.6 is 27.7 Å². The predicted molar refractivity (Wildman–Crippen MR) is 113 cm³/mol. The number of carbonyl (C=O) groups excluding carboxylic acids is 2. The van der Waals surface area contributed by atoms with Crippen LogP contribution in [0.5, 0.6) is 5.75 Å². The van der Waals surface area contributed by atoms with Gasteiger partial charge in [-0.1, -0.05) is 22.0 Å². The van der Waals surface area contributed by atoms with Gasteiger partial charge in [-0.2, -0.15) is 0 Å². The summed E-state index contributed by atoms with van der Waals surface area (Å²) in [6, 6.07) is 10.1. The zero-order valence-electron chi connectivity index (χ0n) is 15.5. The minimum absolute atomic E-state index is 0.136. The largest absolute Gasteiger partial charge is 0.467 e. The van der Waals surface area contributed by atoms with Crippen LogP contribution in [0.1, 0.15) is 11.1 Å². The van der Waals surface area contributed by atoms with Crippen molar-refractivity contribution in [2.45, 2.75) is 13.0 Å². The van der Waals surface area contributed by atoms with E-state index in [-0.39, 0.29) is 35.9 Å². The molecule has 0 fully saturated rings. The number of fused-ring (bicyclic) bond motifs is 1. The Morgan fingerprint density at radius 1 is 1.17 bits per heavy atom. The maximum Gasteiger partial charge on any atom is 0.234 e. The van der Waals surface area contributed by atoms with Crippen LogP contribution in [-0.2, 0) is 27.4 Å². The van der Waals surface area contributed by atoms with Crippen molar-refractivity contribution in [1.82, 2.24) is 5.32 Å². The molecule has 6 nitrogen and oxygen atoms in total. The summed E-state index contributed by atoms with van der Waals surface area (Å²) < 4.78 is 25.2. The molecule has 0 spiro atoms. The molecule has 2 aromatic carbocycles. The van der Waals surface area contributed by atoms with Gasteiger partial charge in [0.05, 0.1) is 18.1 Å². The molecule has 154 valence electrons. The van der Waals surface area contributed by atoms with Gasteiger partial charge in [-0.3, -0.25) is 9.59 Å². The highest BCUT2D eigenvalue weighted by molar-refractivity contribution is 9.10. The molecule has 0 radical (unpaired) electrons. The zero-order valence-corrected chi connectivity index (χ0v) is 17.9. The Morgan fingerprint density at radius 3 is 2.83 bits per heavy atom. The van der Waals surface area contributed by atoms with E-state index >= 15 is 0 Å². The van der Waals surface area contributed by atoms with Crippen LogP contribution < -0.4 is 15.4 Å². The van der Waals surface area contributed by atoms with E-state index in [2.05, 4.69) is 26.6 Å². The highest BCUT2D eigenvalue weighted by Gasteiger charge is 2.17. The first-order chi connectivity index (χ1) is 14.0. The molecule has 2 N–H and O–H groups in total. The van der Waals surface area contributed by atoms with Gasteiger partial charge in [-0.05, 0) is 42.3 Å². The van der Waals surface area contributed by atoms with Crippen molar-refractivity contribution < 1.29 is 23.5 Å². The zero-order chi connectivity index (χ0) is 20.6. The number of hydrogen-bond donors (Lipinski definition) is 2. The summed E-state index contributed by atoms with van der Waals surface area (Å²) in [6.45, 7) is 0.797. The van der Waals surface area contributed by atoms with E-state index in [1.54, 1.807) is 12.1 Å². The number of amides is 2. The minimum atomic E-state index is -0.355. The summed E-state index contributed by atoms with van der Waals surface area (Å²) in [7, 11) is 0. The van der Waals surface area contributed by atoms with Crippen molar-refractivity contribution in [3.05, 3.63) is 57.8 Å². The number of anilines is 1. The maximum atomic E-state index is 13.7. The number of nitrogens with one attached hydrogen (secondary N) is 2. The van der Waals surface area contributed by atoms with Gasteiger partial charge < -0.3 is 20.1 Å². The summed E-state index contributed by atoms with van der Waals surface area (Å²) in [5, 5.41) is 5.56. The van der Waals surface area contributed by atoms with E-state index in [1.807, 2.05) is 12.1 Å². The van der Waals surface area contributed by atoms with Crippen molar-refractivity contribution in [1.29, 1.82) is 0 Å². The number of ether oxygens (including phenoxy) is 2. The van der Waals surface area contributed by atoms with Gasteiger partial charge in [0.1, 0.15) is 11.6 Å². The first kappa shape index (κ1) is 21.6. The molecule has 0 atom stereocenters. The van der Waals surface area contributed by atoms with E-state index < -0.39 is 0 Å². The number of hydrogen-bond acceptors (Lipinski definition) is 5. The van der Waals surface area contributed by atoms with Crippen LogP contribution in [0.2, 0.25) is 0 Å². The molecule has 0 saturated carbocycles. The van der Waals surface area contributed by atoms with E-state index in [9.17, 15) is 14.0 Å². The number of halogens is 2. The van der Waals surface area contributed by atoms with E-state index in [0.29, 0.717) is 42.1 Å². The molecule has 0 saturated heterocycles. The topological polar surface area (TPSA) is 76.7 Å². The Morgan fingerprint density at radius 2 is 2.00 bits per heavy atom. The molecule has 2 aromatic rings. The SMILES string of the molecule is O=C(CSCC(=O)Nc1cccc(Br)c1)NCCc1cc(F)cc2c1OCOC2. The van der Waals surface area contributed by atoms with Gasteiger partial charge in [0.15, 0.2) is 6.79 Å². The van der Waals surface area contributed by atoms with Crippen LogP contribution in [0.15, 0.2) is 40.9 Å². The third-order valence-electron chi connectivity index (χ3n) is 4.04. The third kappa shape index (κ3) is 6.73. The molecule has 9 heteroatoms. The summed E-state index contributed by atoms with van der Waals surface area (Å²) in [6.07, 6.45) is 0.444. The second-order valence-electron chi connectivity index (χ2n) is 6.32. The first-order valence-corrected chi connectivity index (χ1v) is 10.9. The summed E-state index contributed by atoms with van der Waals surface area (Å²) in [5.41, 5.74) is 2.06. The lowest BCUT2D eigenvalue weighted by molar-refractivity contribution is -0.118. The lowest BCUT2D eigenvalue weighted by Crippen LogP contribution is -2.28. The highest BCUT2D eigenvalue weighted by Crippen LogP contribution is 2.29. The lowest BCUT2D eigenvalue weighted by Gasteiger charge is -2.21. The number of thioether (sulfide) groups is 1. The minimum Gasteiger partial charge on any atom is -0.467 e. The van der Waals surface area contributed by atoms with Crippen LogP contribution in [0.4, 0.5) is 10.1 Å². The van der Waals surface area contributed by atoms with Crippen LogP contribution in [-0.4, -0.2) is 36.7 Å². The van der Waals surface area contributed by atoms with Gasteiger partial charge >= 0.3 is 0 Å². The second kappa shape index (κ2) is 10.6. The van der Waals surface area contributed by atoms with E-state index in [1.165, 1.54) is 23.9 Å². The molecule has 2 amide bonds. The normalized spacial score (nSPS) is 12.6. The van der Waals surface area contributed by atoms with Crippen molar-refractivity contribution in [3.63, 3.8) is 0 Å². The fourth-order valence-electron chi connectivity index (χ4n) is 2.83. The van der Waals surface area contributed by atoms with Crippen LogP contribution in [0.3, 0.4) is 0 Å². The van der Waals surface area contributed by atoms with Gasteiger partial charge in [0.2, 0.25) is 11.8 Å². The molecule has 0 unspecified atom stereocenters. The van der Waals surface area contributed by atoms with Crippen molar-refractivity contribution in [3.8, 4) is 5.75 Å². The van der Waals surface area contributed by atoms with Gasteiger partial charge in [-0.25, -0.2) is 4.39 Å². The molecule has 0 aromatic heterocycles. The molecule has 0 aliphatic carbocycles. The van der Waals surface area contributed by atoms with Gasteiger partial charge in [0, 0.05) is 22.3 Å². The Hall–Kier alpha value is -2.10. The Kier molecular flexibility index (Phi) is 7.91. The highest BCUT2D eigenvalue weighted by atomic mass is 79.9. The summed E-state index contributed by atoms with van der Waals surface area (Å²) in [5.74, 6) is 0.256. The smallest absolute Gasteiger partial charge is 0.234 e. The van der Waals surface area contributed by atoms with E-state index in [4.69, 9.17) is 9.47 Å². The molecule has 3 rings (SSSR count). The number of carbonyl (C=O) groups is 2. The van der Waals surface area contributed by atoms with Crippen LogP contribution in [0, 0.1) is 5.82 Å². The molecular weight excluding hydrogens is 463 g/mol. The molecule has 1 heterocycles. The Labute approximate surface area is 180 Å². The summed E-state index contributed by atoms with van der Waals surface area (Å²) in [4.78, 5) is 23.9. The predicted octanol–water partition coefficient (Wildman–Crippen LogP) is 3.49. The van der Waals surface area contributed by atoms with Crippen molar-refractivity contribution in [2.24, 2.45) is 0 Å². The summed E-state index contributed by atoms with van der Waals surface area (Å²) >= 11 is 4.57. The van der Waals surface area contributed by atoms with Gasteiger partial charge in [-0.15, -0.1) is 11.8 Å². The molecule has 1 aliphatic heterocycles. The molecule has 1 aliphatic rings. The number of benzene rings is 2. The van der Waals surface area contributed by atoms with Crippen LogP contribution in [0.25, 0.3) is 0 Å². The average molecular weight is 483 g/mol. The second-order valence-corrected chi connectivity index (χ2v) is 8.22. The fraction of sp³-hybridized carbons (Fsp3) is 0.300. The monoisotopic (exact) mass is 482 g/mol. The molecule has 29 heavy (non-hydrogen) atoms. The lowest BCUT2D eigenvalue weighted by atomic mass is 10.1. The Bertz CT molecular complexity index is 897. The standard InChI is InChI=1S/C20H20BrFN2O4S/c21-15-2-1-3-17(8-15)24-19(26)11-29-10-18(25)23-5-4-13-6-16(22)7-14-9-27-12-28-20(13)14/h1-3,6-8H,4-5,9-12H2,(H,23,25)(H,24,26). The maximum absolute atomic E-state index is 13.7. The first-order valence-electron chi connectivity index (χ1n) is 8.93. The van der Waals surface area contributed by atoms with Crippen molar-refractivity contribution in [2.75, 3.05) is 30.2 Å². The molecule has 0 bridgehead atoms. The molecular formula is C20H20BrFN2O4S. The van der Waals surface area contributed by atoms with E-state index in [0.717, 1.165) is 4.47 Å². The quantitative estimate of drug-likeness (QED) is 0.602. The Balaban J connectivity index is 1.37. The third-order valence-corrected chi connectivity index (χ3v) is 5.47.